The van der Waals surface area contributed by atoms with Gasteiger partial charge in [-0.1, -0.05) is 41.7 Å². The number of carbonyl (C=O) groups excluding carboxylic acids is 2. The van der Waals surface area contributed by atoms with Crippen LogP contribution in [0.5, 0.6) is 11.5 Å². The lowest BCUT2D eigenvalue weighted by atomic mass is 10.1. The van der Waals surface area contributed by atoms with Gasteiger partial charge in [-0.3, -0.25) is 9.59 Å². The average Bonchev–Trinajstić information content (AvgIpc) is 3.13. The van der Waals surface area contributed by atoms with Crippen LogP contribution < -0.4 is 14.3 Å². The standard InChI is InChI=1S/C24H22N2O5S/c1-3-30-23(28)14-26-20-11-10-18(29-2)13-21(20)32-24(26)25-22(27)15-31-19-9-8-16-6-4-5-7-17(16)12-19/h4-13H,3,14-15H2,1-2H3. The molecule has 0 radical (unpaired) electrons. The number of hydrogen-bond donors (Lipinski definition) is 0. The van der Waals surface area contributed by atoms with E-state index in [1.54, 1.807) is 24.7 Å². The van der Waals surface area contributed by atoms with Crippen LogP contribution in [0.3, 0.4) is 0 Å². The molecule has 4 rings (SSSR count). The van der Waals surface area contributed by atoms with Crippen molar-refractivity contribution >= 4 is 44.2 Å². The van der Waals surface area contributed by atoms with Gasteiger partial charge in [0.05, 0.1) is 23.9 Å². The number of esters is 1. The van der Waals surface area contributed by atoms with Crippen LogP contribution in [0.15, 0.2) is 65.7 Å². The molecule has 0 spiro atoms. The fraction of sp³-hybridized carbons (Fsp3) is 0.208. The Hall–Kier alpha value is -3.65. The quantitative estimate of drug-likeness (QED) is 0.399. The molecule has 0 unspecified atom stereocenters. The Morgan fingerprint density at radius 2 is 1.78 bits per heavy atom. The zero-order valence-corrected chi connectivity index (χ0v) is 18.6. The topological polar surface area (TPSA) is 79.1 Å². The normalized spacial score (nSPS) is 11.6. The molecule has 0 aliphatic heterocycles. The minimum atomic E-state index is -0.450. The van der Waals surface area contributed by atoms with Gasteiger partial charge in [-0.15, -0.1) is 0 Å². The van der Waals surface area contributed by atoms with Crippen molar-refractivity contribution in [2.45, 2.75) is 13.5 Å². The highest BCUT2D eigenvalue weighted by molar-refractivity contribution is 7.16. The van der Waals surface area contributed by atoms with Crippen LogP contribution in [-0.4, -0.2) is 36.8 Å². The van der Waals surface area contributed by atoms with E-state index >= 15 is 0 Å². The summed E-state index contributed by atoms with van der Waals surface area (Å²) in [4.78, 5) is 29.3. The van der Waals surface area contributed by atoms with Crippen LogP contribution >= 0.6 is 11.3 Å². The van der Waals surface area contributed by atoms with Gasteiger partial charge in [0, 0.05) is 0 Å². The van der Waals surface area contributed by atoms with E-state index in [0.29, 0.717) is 16.3 Å². The molecule has 0 aliphatic rings. The van der Waals surface area contributed by atoms with Crippen LogP contribution in [0, 0.1) is 0 Å². The molecular weight excluding hydrogens is 428 g/mol. The van der Waals surface area contributed by atoms with Crippen molar-refractivity contribution in [3.8, 4) is 11.5 Å². The van der Waals surface area contributed by atoms with E-state index in [4.69, 9.17) is 14.2 Å². The molecule has 8 heteroatoms. The van der Waals surface area contributed by atoms with E-state index < -0.39 is 11.9 Å². The number of ether oxygens (including phenoxy) is 3. The van der Waals surface area contributed by atoms with E-state index in [9.17, 15) is 9.59 Å². The molecule has 0 N–H and O–H groups in total. The van der Waals surface area contributed by atoms with Crippen molar-refractivity contribution in [1.29, 1.82) is 0 Å². The molecule has 0 fully saturated rings. The van der Waals surface area contributed by atoms with Gasteiger partial charge in [0.15, 0.2) is 11.4 Å². The van der Waals surface area contributed by atoms with Gasteiger partial charge in [-0.2, -0.15) is 4.99 Å². The summed E-state index contributed by atoms with van der Waals surface area (Å²) in [6.07, 6.45) is 0. The van der Waals surface area contributed by atoms with Gasteiger partial charge in [-0.05, 0) is 48.0 Å². The predicted octanol–water partition coefficient (Wildman–Crippen LogP) is 3.93. The Morgan fingerprint density at radius 3 is 2.56 bits per heavy atom. The predicted molar refractivity (Wildman–Crippen MR) is 123 cm³/mol. The molecule has 1 amide bonds. The van der Waals surface area contributed by atoms with Gasteiger partial charge in [-0.25, -0.2) is 0 Å². The number of aromatic nitrogens is 1. The van der Waals surface area contributed by atoms with Crippen LogP contribution in [-0.2, 0) is 20.9 Å². The van der Waals surface area contributed by atoms with Crippen LogP contribution in [0.25, 0.3) is 21.0 Å². The van der Waals surface area contributed by atoms with Crippen LogP contribution in [0.4, 0.5) is 0 Å². The van der Waals surface area contributed by atoms with Gasteiger partial charge in [0.2, 0.25) is 0 Å². The summed E-state index contributed by atoms with van der Waals surface area (Å²) < 4.78 is 18.5. The molecule has 7 nitrogen and oxygen atoms in total. The lowest BCUT2D eigenvalue weighted by Crippen LogP contribution is -2.24. The van der Waals surface area contributed by atoms with Crippen molar-refractivity contribution in [1.82, 2.24) is 4.57 Å². The third-order valence-electron chi connectivity index (χ3n) is 4.79. The minimum absolute atomic E-state index is 0.0438. The molecule has 0 saturated carbocycles. The van der Waals surface area contributed by atoms with Crippen LogP contribution in [0.1, 0.15) is 6.92 Å². The lowest BCUT2D eigenvalue weighted by Gasteiger charge is -2.06. The number of rotatable bonds is 7. The molecule has 164 valence electrons. The number of thiazole rings is 1. The highest BCUT2D eigenvalue weighted by Gasteiger charge is 2.13. The molecule has 4 aromatic rings. The van der Waals surface area contributed by atoms with Gasteiger partial charge >= 0.3 is 5.97 Å². The Labute approximate surface area is 188 Å². The number of nitrogens with zero attached hydrogens (tertiary/aromatic N) is 2. The third kappa shape index (κ3) is 4.81. The van der Waals surface area contributed by atoms with E-state index in [0.717, 1.165) is 21.0 Å². The van der Waals surface area contributed by atoms with Gasteiger partial charge < -0.3 is 18.8 Å². The molecule has 32 heavy (non-hydrogen) atoms. The molecule has 0 saturated heterocycles. The maximum absolute atomic E-state index is 12.6. The number of amides is 1. The number of hydrogen-bond acceptors (Lipinski definition) is 6. The highest BCUT2D eigenvalue weighted by atomic mass is 32.1. The second-order valence-electron chi connectivity index (χ2n) is 6.91. The molecular formula is C24H22N2O5S. The van der Waals surface area contributed by atoms with Crippen molar-refractivity contribution in [3.05, 3.63) is 65.5 Å². The van der Waals surface area contributed by atoms with E-state index in [1.165, 1.54) is 11.3 Å². The Balaban J connectivity index is 1.60. The SMILES string of the molecule is CCOC(=O)Cn1c(=NC(=O)COc2ccc3ccccc3c2)sc2cc(OC)ccc21. The number of methoxy groups -OCH3 is 1. The fourth-order valence-electron chi connectivity index (χ4n) is 3.30. The largest absolute Gasteiger partial charge is 0.497 e. The summed E-state index contributed by atoms with van der Waals surface area (Å²) in [6, 6.07) is 19.0. The molecule has 0 atom stereocenters. The first-order chi connectivity index (χ1) is 15.6. The fourth-order valence-corrected chi connectivity index (χ4v) is 4.37. The zero-order valence-electron chi connectivity index (χ0n) is 17.7. The smallest absolute Gasteiger partial charge is 0.326 e. The second-order valence-corrected chi connectivity index (χ2v) is 7.92. The zero-order chi connectivity index (χ0) is 22.5. The van der Waals surface area contributed by atoms with Gasteiger partial charge in [0.1, 0.15) is 18.0 Å². The molecule has 3 aromatic carbocycles. The van der Waals surface area contributed by atoms with E-state index in [-0.39, 0.29) is 19.8 Å². The molecule has 1 heterocycles. The number of carbonyl (C=O) groups is 2. The summed E-state index contributed by atoms with van der Waals surface area (Å²) in [5.41, 5.74) is 0.769. The lowest BCUT2D eigenvalue weighted by molar-refractivity contribution is -0.143. The number of benzene rings is 3. The number of fused-ring (bicyclic) bond motifs is 2. The third-order valence-corrected chi connectivity index (χ3v) is 5.83. The Kier molecular flexibility index (Phi) is 6.51. The minimum Gasteiger partial charge on any atom is -0.497 e. The molecule has 0 aliphatic carbocycles. The Bertz CT molecular complexity index is 1360. The van der Waals surface area contributed by atoms with Crippen molar-refractivity contribution < 1.29 is 23.8 Å². The van der Waals surface area contributed by atoms with E-state index in [1.807, 2.05) is 54.6 Å². The Morgan fingerprint density at radius 1 is 1.00 bits per heavy atom. The maximum Gasteiger partial charge on any atom is 0.326 e. The summed E-state index contributed by atoms with van der Waals surface area (Å²) in [5, 5.41) is 2.12. The summed E-state index contributed by atoms with van der Waals surface area (Å²) in [5.74, 6) is 0.422. The first kappa shape index (κ1) is 21.6. The first-order valence-corrected chi connectivity index (χ1v) is 10.9. The van der Waals surface area contributed by atoms with Crippen molar-refractivity contribution in [3.63, 3.8) is 0 Å². The second kappa shape index (κ2) is 9.65. The van der Waals surface area contributed by atoms with Gasteiger partial charge in [0.25, 0.3) is 5.91 Å². The van der Waals surface area contributed by atoms with E-state index in [2.05, 4.69) is 4.99 Å². The van der Waals surface area contributed by atoms with Crippen LogP contribution in [0.2, 0.25) is 0 Å². The molecule has 1 aromatic heterocycles. The summed E-state index contributed by atoms with van der Waals surface area (Å²) >= 11 is 1.30. The maximum atomic E-state index is 12.6. The van der Waals surface area contributed by atoms with Crippen molar-refractivity contribution in [2.24, 2.45) is 4.99 Å². The average molecular weight is 451 g/mol. The van der Waals surface area contributed by atoms with Crippen molar-refractivity contribution in [2.75, 3.05) is 20.3 Å². The monoisotopic (exact) mass is 450 g/mol. The molecule has 0 bridgehead atoms. The summed E-state index contributed by atoms with van der Waals surface area (Å²) in [7, 11) is 1.58. The first-order valence-electron chi connectivity index (χ1n) is 10.1. The summed E-state index contributed by atoms with van der Waals surface area (Å²) in [6.45, 7) is 1.77. The highest BCUT2D eigenvalue weighted by Crippen LogP contribution is 2.23.